The van der Waals surface area contributed by atoms with Crippen LogP contribution in [0.25, 0.3) is 0 Å². The standard InChI is InChI=1S/C20H20BrN3O2/c1-24-18(22)23-20(26-24)12-19(25-17-9-8-14(21)11-16(17)20)10-4-6-13-5-2-3-7-15(13)19/h2-3,5,7-9,11H,4,6,10,12H2,1H3,(H2,22,23). The zero-order valence-electron chi connectivity index (χ0n) is 14.5. The van der Waals surface area contributed by atoms with Crippen molar-refractivity contribution in [1.29, 1.82) is 0 Å². The molecule has 0 amide bonds. The first-order valence-electron chi connectivity index (χ1n) is 8.87. The molecule has 0 radical (unpaired) electrons. The number of hydrogen-bond donors (Lipinski definition) is 1. The molecule has 0 aromatic heterocycles. The Morgan fingerprint density at radius 2 is 2.04 bits per heavy atom. The topological polar surface area (TPSA) is 60.1 Å². The molecule has 2 atom stereocenters. The second-order valence-electron chi connectivity index (χ2n) is 7.27. The number of guanidine groups is 1. The van der Waals surface area contributed by atoms with Crippen molar-refractivity contribution >= 4 is 21.9 Å². The van der Waals surface area contributed by atoms with E-state index >= 15 is 0 Å². The summed E-state index contributed by atoms with van der Waals surface area (Å²) in [5, 5.41) is 1.55. The van der Waals surface area contributed by atoms with Crippen LogP contribution >= 0.6 is 15.9 Å². The van der Waals surface area contributed by atoms with Crippen molar-refractivity contribution < 1.29 is 9.57 Å². The molecule has 0 saturated heterocycles. The maximum Gasteiger partial charge on any atom is 0.222 e. The summed E-state index contributed by atoms with van der Waals surface area (Å²) in [7, 11) is 1.79. The zero-order valence-corrected chi connectivity index (χ0v) is 16.1. The van der Waals surface area contributed by atoms with Crippen LogP contribution in [0.3, 0.4) is 0 Å². The van der Waals surface area contributed by atoms with Gasteiger partial charge in [-0.2, -0.15) is 0 Å². The summed E-state index contributed by atoms with van der Waals surface area (Å²) in [6, 6.07) is 14.6. The lowest BCUT2D eigenvalue weighted by atomic mass is 9.72. The summed E-state index contributed by atoms with van der Waals surface area (Å²) in [6.45, 7) is 0. The molecule has 5 rings (SSSR count). The predicted molar refractivity (Wildman–Crippen MR) is 103 cm³/mol. The summed E-state index contributed by atoms with van der Waals surface area (Å²) in [5.74, 6) is 1.19. The minimum Gasteiger partial charge on any atom is -0.482 e. The van der Waals surface area contributed by atoms with Gasteiger partial charge in [-0.05, 0) is 48.6 Å². The number of hydrogen-bond acceptors (Lipinski definition) is 5. The van der Waals surface area contributed by atoms with Crippen molar-refractivity contribution in [2.45, 2.75) is 37.0 Å². The molecular weight excluding hydrogens is 394 g/mol. The van der Waals surface area contributed by atoms with Crippen LogP contribution in [0, 0.1) is 0 Å². The molecule has 0 fully saturated rings. The summed E-state index contributed by atoms with van der Waals surface area (Å²) in [4.78, 5) is 11.0. The molecule has 0 saturated carbocycles. The fourth-order valence-corrected chi connectivity index (χ4v) is 4.89. The number of nitrogens with two attached hydrogens (primary N) is 1. The van der Waals surface area contributed by atoms with Crippen LogP contribution in [0.1, 0.15) is 36.0 Å². The molecule has 3 aliphatic rings. The van der Waals surface area contributed by atoms with Crippen molar-refractivity contribution in [2.75, 3.05) is 7.05 Å². The van der Waals surface area contributed by atoms with Crippen molar-refractivity contribution in [3.63, 3.8) is 0 Å². The zero-order chi connectivity index (χ0) is 17.9. The summed E-state index contributed by atoms with van der Waals surface area (Å²) in [5.41, 5.74) is 8.27. The average molecular weight is 414 g/mol. The predicted octanol–water partition coefficient (Wildman–Crippen LogP) is 3.81. The smallest absolute Gasteiger partial charge is 0.222 e. The van der Waals surface area contributed by atoms with E-state index in [2.05, 4.69) is 40.2 Å². The third-order valence-electron chi connectivity index (χ3n) is 5.63. The van der Waals surface area contributed by atoms with E-state index in [4.69, 9.17) is 20.3 Å². The molecule has 5 nitrogen and oxygen atoms in total. The Morgan fingerprint density at radius 3 is 2.85 bits per heavy atom. The normalized spacial score (nSPS) is 29.3. The van der Waals surface area contributed by atoms with E-state index in [1.54, 1.807) is 12.1 Å². The number of halogens is 1. The maximum atomic E-state index is 6.67. The SMILES string of the molecule is CN1OC2(CC3(CCCc4ccccc43)Oc3ccc(Br)cc32)N=C1N. The van der Waals surface area contributed by atoms with Crippen LogP contribution in [0.4, 0.5) is 0 Å². The highest BCUT2D eigenvalue weighted by atomic mass is 79.9. The second-order valence-corrected chi connectivity index (χ2v) is 8.18. The van der Waals surface area contributed by atoms with Gasteiger partial charge in [0.1, 0.15) is 11.4 Å². The number of nitrogens with zero attached hydrogens (tertiary/aromatic N) is 2. The Balaban J connectivity index is 1.73. The van der Waals surface area contributed by atoms with Crippen LogP contribution in [-0.2, 0) is 22.6 Å². The Hall–Kier alpha value is -2.05. The number of aliphatic imine (C=N–C) groups is 1. The summed E-state index contributed by atoms with van der Waals surface area (Å²) in [6.07, 6.45) is 3.69. The third kappa shape index (κ3) is 2.21. The van der Waals surface area contributed by atoms with E-state index in [9.17, 15) is 0 Å². The van der Waals surface area contributed by atoms with Crippen molar-refractivity contribution in [1.82, 2.24) is 5.06 Å². The molecule has 2 aromatic carbocycles. The molecule has 6 heteroatoms. The summed E-state index contributed by atoms with van der Waals surface area (Å²) < 4.78 is 7.63. The van der Waals surface area contributed by atoms with Crippen LogP contribution in [0.15, 0.2) is 51.9 Å². The fraction of sp³-hybridized carbons (Fsp3) is 0.350. The van der Waals surface area contributed by atoms with Gasteiger partial charge in [0.2, 0.25) is 11.7 Å². The van der Waals surface area contributed by atoms with Gasteiger partial charge in [-0.3, -0.25) is 0 Å². The molecular formula is C20H20BrN3O2. The lowest BCUT2D eigenvalue weighted by molar-refractivity contribution is -0.207. The van der Waals surface area contributed by atoms with Crippen LogP contribution in [0.2, 0.25) is 0 Å². The molecule has 1 aliphatic carbocycles. The number of hydroxylamine groups is 2. The molecule has 26 heavy (non-hydrogen) atoms. The number of aryl methyl sites for hydroxylation is 1. The molecule has 134 valence electrons. The van der Waals surface area contributed by atoms with E-state index in [-0.39, 0.29) is 0 Å². The third-order valence-corrected chi connectivity index (χ3v) is 6.13. The van der Waals surface area contributed by atoms with Gasteiger partial charge in [0, 0.05) is 17.9 Å². The molecule has 2 N–H and O–H groups in total. The lowest BCUT2D eigenvalue weighted by Gasteiger charge is -2.47. The Labute approximate surface area is 160 Å². The van der Waals surface area contributed by atoms with Crippen LogP contribution in [0.5, 0.6) is 5.75 Å². The molecule has 2 heterocycles. The highest BCUT2D eigenvalue weighted by molar-refractivity contribution is 9.10. The van der Waals surface area contributed by atoms with E-state index in [0.29, 0.717) is 12.4 Å². The first-order valence-corrected chi connectivity index (χ1v) is 9.66. The molecule has 2 unspecified atom stereocenters. The van der Waals surface area contributed by atoms with Gasteiger partial charge in [-0.25, -0.2) is 14.9 Å². The Morgan fingerprint density at radius 1 is 1.19 bits per heavy atom. The van der Waals surface area contributed by atoms with Gasteiger partial charge in [-0.15, -0.1) is 0 Å². The minimum absolute atomic E-state index is 0.386. The fourth-order valence-electron chi connectivity index (χ4n) is 4.53. The van der Waals surface area contributed by atoms with Crippen molar-refractivity contribution in [3.05, 3.63) is 63.6 Å². The molecule has 0 bridgehead atoms. The number of benzene rings is 2. The van der Waals surface area contributed by atoms with Gasteiger partial charge < -0.3 is 10.5 Å². The first kappa shape index (κ1) is 16.1. The van der Waals surface area contributed by atoms with Crippen molar-refractivity contribution in [3.8, 4) is 5.75 Å². The largest absolute Gasteiger partial charge is 0.482 e. The Bertz CT molecular complexity index is 931. The Kier molecular flexibility index (Phi) is 3.40. The van der Waals surface area contributed by atoms with E-state index in [1.807, 2.05) is 18.2 Å². The van der Waals surface area contributed by atoms with E-state index < -0.39 is 11.3 Å². The number of rotatable bonds is 0. The lowest BCUT2D eigenvalue weighted by Crippen LogP contribution is -2.48. The quantitative estimate of drug-likeness (QED) is 0.713. The van der Waals surface area contributed by atoms with Gasteiger partial charge in [0.05, 0.1) is 5.56 Å². The summed E-state index contributed by atoms with van der Waals surface area (Å²) >= 11 is 3.56. The number of ether oxygens (including phenoxy) is 1. The monoisotopic (exact) mass is 413 g/mol. The number of fused-ring (bicyclic) bond motifs is 4. The highest BCUT2D eigenvalue weighted by Crippen LogP contribution is 2.55. The first-order chi connectivity index (χ1) is 12.5. The van der Waals surface area contributed by atoms with Crippen molar-refractivity contribution in [2.24, 2.45) is 10.7 Å². The van der Waals surface area contributed by atoms with Gasteiger partial charge in [-0.1, -0.05) is 40.2 Å². The second kappa shape index (κ2) is 5.47. The highest BCUT2D eigenvalue weighted by Gasteiger charge is 2.56. The molecule has 2 spiro atoms. The van der Waals surface area contributed by atoms with E-state index in [0.717, 1.165) is 35.0 Å². The van der Waals surface area contributed by atoms with Crippen LogP contribution in [-0.4, -0.2) is 18.1 Å². The van der Waals surface area contributed by atoms with E-state index in [1.165, 1.54) is 11.1 Å². The van der Waals surface area contributed by atoms with Gasteiger partial charge >= 0.3 is 0 Å². The maximum absolute atomic E-state index is 6.67. The van der Waals surface area contributed by atoms with Crippen LogP contribution < -0.4 is 10.5 Å². The minimum atomic E-state index is -0.860. The molecule has 2 aromatic rings. The molecule has 2 aliphatic heterocycles. The van der Waals surface area contributed by atoms with Gasteiger partial charge in [0.15, 0.2) is 0 Å². The van der Waals surface area contributed by atoms with Gasteiger partial charge in [0.25, 0.3) is 0 Å². The average Bonchev–Trinajstić information content (AvgIpc) is 2.90.